The first-order chi connectivity index (χ1) is 29.5. The van der Waals surface area contributed by atoms with Crippen LogP contribution < -0.4 is 0 Å². The fourth-order valence-corrected chi connectivity index (χ4v) is 7.47. The molecule has 60 heavy (non-hydrogen) atoms. The van der Waals surface area contributed by atoms with Crippen LogP contribution in [-0.2, 0) is 0 Å². The second-order valence-electron chi connectivity index (χ2n) is 15.0. The highest BCUT2D eigenvalue weighted by molar-refractivity contribution is 5.99. The van der Waals surface area contributed by atoms with E-state index in [2.05, 4.69) is 147 Å². The summed E-state index contributed by atoms with van der Waals surface area (Å²) < 4.78 is 0. The molecule has 0 saturated carbocycles. The normalized spacial score (nSPS) is 11.2. The summed E-state index contributed by atoms with van der Waals surface area (Å²) in [5.74, 6) is 3.80. The average Bonchev–Trinajstić information content (AvgIpc) is 3.32. The van der Waals surface area contributed by atoms with E-state index in [1.165, 1.54) is 11.1 Å². The number of rotatable bonds is 8. The van der Waals surface area contributed by atoms with Gasteiger partial charge in [-0.1, -0.05) is 187 Å². The van der Waals surface area contributed by atoms with E-state index in [1.54, 1.807) is 0 Å². The number of aromatic nitrogens is 6. The van der Waals surface area contributed by atoms with Crippen LogP contribution in [0.1, 0.15) is 11.1 Å². The van der Waals surface area contributed by atoms with E-state index in [4.69, 9.17) is 29.9 Å². The second kappa shape index (κ2) is 15.8. The number of benzene rings is 8. The number of nitrogens with zero attached hydrogens (tertiary/aromatic N) is 6. The van der Waals surface area contributed by atoms with Crippen LogP contribution in [0, 0.1) is 13.8 Å². The van der Waals surface area contributed by atoms with Crippen molar-refractivity contribution < 1.29 is 0 Å². The standard InChI is InChI=1S/C54H38N6/c1-35-22-26-40(27-23-35)51-55-49(38-12-5-3-6-13-38)57-53(59-51)45-19-9-17-42(32-45)43-31-30-37-16-11-21-47(48(37)34-43)44-18-10-20-46(33-44)54-58-50(39-14-7-4-8-15-39)56-52(60-54)41-28-24-36(2)25-29-41/h3-34H,1-2H3. The van der Waals surface area contributed by atoms with E-state index in [1.807, 2.05) is 60.7 Å². The average molecular weight is 771 g/mol. The Hall–Kier alpha value is -7.96. The lowest BCUT2D eigenvalue weighted by Crippen LogP contribution is -2.00. The lowest BCUT2D eigenvalue weighted by molar-refractivity contribution is 1.07. The molecule has 0 fully saturated rings. The van der Waals surface area contributed by atoms with Gasteiger partial charge in [0.05, 0.1) is 0 Å². The summed E-state index contributed by atoms with van der Waals surface area (Å²) in [5, 5.41) is 2.30. The van der Waals surface area contributed by atoms with Crippen molar-refractivity contribution in [2.45, 2.75) is 13.8 Å². The number of hydrogen-bond donors (Lipinski definition) is 0. The molecule has 0 aliphatic heterocycles. The first-order valence-electron chi connectivity index (χ1n) is 20.0. The Balaban J connectivity index is 1.04. The predicted octanol–water partition coefficient (Wildman–Crippen LogP) is 13.2. The largest absolute Gasteiger partial charge is 0.208 e. The maximum Gasteiger partial charge on any atom is 0.164 e. The summed E-state index contributed by atoms with van der Waals surface area (Å²) in [6.45, 7) is 4.16. The molecule has 0 amide bonds. The third-order valence-corrected chi connectivity index (χ3v) is 10.7. The smallest absolute Gasteiger partial charge is 0.164 e. The van der Waals surface area contributed by atoms with Gasteiger partial charge in [0.15, 0.2) is 34.9 Å². The van der Waals surface area contributed by atoms with Gasteiger partial charge in [0.2, 0.25) is 0 Å². The van der Waals surface area contributed by atoms with E-state index in [0.29, 0.717) is 34.9 Å². The van der Waals surface area contributed by atoms with Gasteiger partial charge >= 0.3 is 0 Å². The zero-order chi connectivity index (χ0) is 40.4. The minimum atomic E-state index is 0.623. The van der Waals surface area contributed by atoms with Crippen LogP contribution >= 0.6 is 0 Å². The topological polar surface area (TPSA) is 77.3 Å². The van der Waals surface area contributed by atoms with Crippen molar-refractivity contribution in [3.8, 4) is 90.6 Å². The molecule has 8 aromatic carbocycles. The van der Waals surface area contributed by atoms with Gasteiger partial charge < -0.3 is 0 Å². The van der Waals surface area contributed by atoms with Crippen LogP contribution in [0.2, 0.25) is 0 Å². The van der Waals surface area contributed by atoms with Crippen molar-refractivity contribution in [2.75, 3.05) is 0 Å². The lowest BCUT2D eigenvalue weighted by atomic mass is 9.93. The summed E-state index contributed by atoms with van der Waals surface area (Å²) in [4.78, 5) is 29.9. The third kappa shape index (κ3) is 7.46. The maximum absolute atomic E-state index is 5.03. The van der Waals surface area contributed by atoms with E-state index >= 15 is 0 Å². The van der Waals surface area contributed by atoms with Gasteiger partial charge in [-0.2, -0.15) is 0 Å². The number of hydrogen-bond acceptors (Lipinski definition) is 6. The van der Waals surface area contributed by atoms with Crippen molar-refractivity contribution in [1.29, 1.82) is 0 Å². The number of fused-ring (bicyclic) bond motifs is 1. The highest BCUT2D eigenvalue weighted by atomic mass is 15.0. The van der Waals surface area contributed by atoms with Crippen molar-refractivity contribution in [1.82, 2.24) is 29.9 Å². The second-order valence-corrected chi connectivity index (χ2v) is 15.0. The Bertz CT molecular complexity index is 3140. The highest BCUT2D eigenvalue weighted by Gasteiger charge is 2.16. The molecule has 0 aliphatic carbocycles. The molecular formula is C54H38N6. The predicted molar refractivity (Wildman–Crippen MR) is 244 cm³/mol. The van der Waals surface area contributed by atoms with Gasteiger partial charge in [-0.25, -0.2) is 29.9 Å². The molecule has 0 unspecified atom stereocenters. The maximum atomic E-state index is 5.03. The summed E-state index contributed by atoms with van der Waals surface area (Å²) in [6, 6.07) is 66.9. The lowest BCUT2D eigenvalue weighted by Gasteiger charge is -2.12. The zero-order valence-corrected chi connectivity index (χ0v) is 33.2. The van der Waals surface area contributed by atoms with Crippen LogP contribution in [0.3, 0.4) is 0 Å². The van der Waals surface area contributed by atoms with Crippen LogP contribution in [0.4, 0.5) is 0 Å². The monoisotopic (exact) mass is 770 g/mol. The fourth-order valence-electron chi connectivity index (χ4n) is 7.47. The van der Waals surface area contributed by atoms with Crippen molar-refractivity contribution in [3.63, 3.8) is 0 Å². The molecule has 0 spiro atoms. The molecular weight excluding hydrogens is 733 g/mol. The molecule has 6 heteroatoms. The van der Waals surface area contributed by atoms with E-state index in [0.717, 1.165) is 66.4 Å². The Labute approximate surface area is 349 Å². The summed E-state index contributed by atoms with van der Waals surface area (Å²) >= 11 is 0. The third-order valence-electron chi connectivity index (χ3n) is 10.7. The minimum Gasteiger partial charge on any atom is -0.208 e. The van der Waals surface area contributed by atoms with Gasteiger partial charge in [-0.05, 0) is 65.1 Å². The zero-order valence-electron chi connectivity index (χ0n) is 33.2. The summed E-state index contributed by atoms with van der Waals surface area (Å²) in [6.07, 6.45) is 0. The van der Waals surface area contributed by atoms with E-state index < -0.39 is 0 Å². The molecule has 0 atom stereocenters. The van der Waals surface area contributed by atoms with Gasteiger partial charge in [-0.15, -0.1) is 0 Å². The van der Waals surface area contributed by atoms with E-state index in [-0.39, 0.29) is 0 Å². The van der Waals surface area contributed by atoms with Crippen LogP contribution in [0.15, 0.2) is 194 Å². The first-order valence-corrected chi connectivity index (χ1v) is 20.0. The van der Waals surface area contributed by atoms with Gasteiger partial charge in [0, 0.05) is 33.4 Å². The van der Waals surface area contributed by atoms with Gasteiger partial charge in [-0.3, -0.25) is 0 Å². The molecule has 0 saturated heterocycles. The first kappa shape index (κ1) is 36.4. The van der Waals surface area contributed by atoms with Crippen molar-refractivity contribution in [2.24, 2.45) is 0 Å². The SMILES string of the molecule is Cc1ccc(-c2nc(-c3ccccc3)nc(-c3cccc(-c4ccc5cccc(-c6cccc(-c7nc(-c8ccccc8)nc(-c8ccc(C)cc8)n7)c6)c5c4)c3)n2)cc1. The highest BCUT2D eigenvalue weighted by Crippen LogP contribution is 2.36. The van der Waals surface area contributed by atoms with Gasteiger partial charge in [0.25, 0.3) is 0 Å². The van der Waals surface area contributed by atoms with Crippen LogP contribution in [-0.4, -0.2) is 29.9 Å². The molecule has 0 radical (unpaired) electrons. The summed E-state index contributed by atoms with van der Waals surface area (Å²) in [5.41, 5.74) is 12.3. The quantitative estimate of drug-likeness (QED) is 0.153. The van der Waals surface area contributed by atoms with Crippen molar-refractivity contribution in [3.05, 3.63) is 205 Å². The molecule has 0 aliphatic rings. The van der Waals surface area contributed by atoms with Crippen molar-refractivity contribution >= 4 is 10.8 Å². The van der Waals surface area contributed by atoms with Gasteiger partial charge in [0.1, 0.15) is 0 Å². The molecule has 0 bridgehead atoms. The minimum absolute atomic E-state index is 0.623. The van der Waals surface area contributed by atoms with E-state index in [9.17, 15) is 0 Å². The Morgan fingerprint density at radius 2 is 0.600 bits per heavy atom. The summed E-state index contributed by atoms with van der Waals surface area (Å²) in [7, 11) is 0. The Morgan fingerprint density at radius 1 is 0.250 bits per heavy atom. The molecule has 10 rings (SSSR count). The molecule has 284 valence electrons. The van der Waals surface area contributed by atoms with Crippen LogP contribution in [0.25, 0.3) is 101 Å². The molecule has 2 aromatic heterocycles. The Morgan fingerprint density at radius 3 is 1.10 bits per heavy atom. The Kier molecular flexibility index (Phi) is 9.56. The fraction of sp³-hybridized carbons (Fsp3) is 0.0370. The number of aryl methyl sites for hydroxylation is 2. The van der Waals surface area contributed by atoms with Crippen LogP contribution in [0.5, 0.6) is 0 Å². The molecule has 0 N–H and O–H groups in total. The molecule has 6 nitrogen and oxygen atoms in total. The molecule has 2 heterocycles. The molecule has 10 aromatic rings.